The third-order valence-corrected chi connectivity index (χ3v) is 2.29. The van der Waals surface area contributed by atoms with Gasteiger partial charge >= 0.3 is 0 Å². The molecule has 0 aromatic carbocycles. The van der Waals surface area contributed by atoms with Gasteiger partial charge in [-0.15, -0.1) is 0 Å². The third-order valence-electron chi connectivity index (χ3n) is 2.29. The third kappa shape index (κ3) is 9.95. The predicted molar refractivity (Wildman–Crippen MR) is 67.2 cm³/mol. The van der Waals surface area contributed by atoms with Gasteiger partial charge in [-0.3, -0.25) is 0 Å². The first kappa shape index (κ1) is 14.7. The molecule has 0 radical (unpaired) electrons. The van der Waals surface area contributed by atoms with Crippen LogP contribution in [0.25, 0.3) is 0 Å². The topological polar surface area (TPSA) is 21.3 Å². The lowest BCUT2D eigenvalue weighted by Gasteiger charge is -2.12. The summed E-state index contributed by atoms with van der Waals surface area (Å²) in [4.78, 5) is 0. The molecule has 90 valence electrons. The van der Waals surface area contributed by atoms with Gasteiger partial charge in [0.15, 0.2) is 0 Å². The van der Waals surface area contributed by atoms with Gasteiger partial charge in [0, 0.05) is 13.2 Å². The Bertz CT molecular complexity index is 157. The van der Waals surface area contributed by atoms with Crippen molar-refractivity contribution in [3.63, 3.8) is 0 Å². The quantitative estimate of drug-likeness (QED) is 0.445. The highest BCUT2D eigenvalue weighted by Crippen LogP contribution is 2.05. The number of rotatable bonds is 10. The van der Waals surface area contributed by atoms with Crippen LogP contribution in [0.15, 0.2) is 12.2 Å². The van der Waals surface area contributed by atoms with E-state index in [2.05, 4.69) is 32.7 Å². The first-order valence-electron chi connectivity index (χ1n) is 6.15. The molecule has 0 aliphatic rings. The monoisotopic (exact) mass is 213 g/mol. The van der Waals surface area contributed by atoms with Crippen LogP contribution >= 0.6 is 0 Å². The second kappa shape index (κ2) is 10.2. The minimum Gasteiger partial charge on any atom is -0.377 e. The van der Waals surface area contributed by atoms with Crippen LogP contribution in [0.5, 0.6) is 0 Å². The average Bonchev–Trinajstić information content (AvgIpc) is 2.18. The van der Waals surface area contributed by atoms with Gasteiger partial charge in [-0.1, -0.05) is 33.8 Å². The number of hydrogen-bond acceptors (Lipinski definition) is 2. The summed E-state index contributed by atoms with van der Waals surface area (Å²) in [7, 11) is 0. The number of hydrogen-bond donors (Lipinski definition) is 1. The van der Waals surface area contributed by atoms with E-state index in [4.69, 9.17) is 4.74 Å². The van der Waals surface area contributed by atoms with Crippen LogP contribution in [-0.4, -0.2) is 26.3 Å². The van der Waals surface area contributed by atoms with E-state index in [0.717, 1.165) is 25.3 Å². The molecule has 0 spiro atoms. The van der Waals surface area contributed by atoms with Gasteiger partial charge < -0.3 is 10.1 Å². The summed E-state index contributed by atoms with van der Waals surface area (Å²) in [6, 6.07) is 0. The molecule has 0 rings (SSSR count). The second-order valence-corrected chi connectivity index (χ2v) is 4.34. The van der Waals surface area contributed by atoms with Crippen molar-refractivity contribution < 1.29 is 4.74 Å². The number of ether oxygens (including phenoxy) is 1. The van der Waals surface area contributed by atoms with Crippen molar-refractivity contribution in [2.24, 2.45) is 5.92 Å². The van der Waals surface area contributed by atoms with Crippen LogP contribution in [0.4, 0.5) is 0 Å². The van der Waals surface area contributed by atoms with E-state index in [9.17, 15) is 0 Å². The van der Waals surface area contributed by atoms with E-state index in [1.807, 2.05) is 0 Å². The van der Waals surface area contributed by atoms with E-state index in [-0.39, 0.29) is 0 Å². The molecule has 0 aromatic heterocycles. The zero-order valence-electron chi connectivity index (χ0n) is 10.6. The zero-order valence-corrected chi connectivity index (χ0v) is 10.6. The summed E-state index contributed by atoms with van der Waals surface area (Å²) < 4.78 is 5.60. The van der Waals surface area contributed by atoms with E-state index in [1.165, 1.54) is 19.3 Å². The Morgan fingerprint density at radius 2 is 2.07 bits per heavy atom. The summed E-state index contributed by atoms with van der Waals surface area (Å²) >= 11 is 0. The maximum absolute atomic E-state index is 5.60. The highest BCUT2D eigenvalue weighted by Gasteiger charge is 2.01. The van der Waals surface area contributed by atoms with Crippen LogP contribution in [0.1, 0.15) is 40.0 Å². The molecular formula is C13H27NO. The van der Waals surface area contributed by atoms with Crippen LogP contribution in [-0.2, 0) is 4.74 Å². The SMILES string of the molecule is C=C(CNCCC)COCC(C)CCC. The largest absolute Gasteiger partial charge is 0.377 e. The fourth-order valence-electron chi connectivity index (χ4n) is 1.47. The highest BCUT2D eigenvalue weighted by molar-refractivity contribution is 4.96. The smallest absolute Gasteiger partial charge is 0.0686 e. The summed E-state index contributed by atoms with van der Waals surface area (Å²) in [6.07, 6.45) is 3.66. The Balaban J connectivity index is 3.30. The van der Waals surface area contributed by atoms with Crippen molar-refractivity contribution in [3.05, 3.63) is 12.2 Å². The summed E-state index contributed by atoms with van der Waals surface area (Å²) in [5, 5.41) is 3.32. The molecule has 2 nitrogen and oxygen atoms in total. The molecule has 15 heavy (non-hydrogen) atoms. The van der Waals surface area contributed by atoms with Crippen LogP contribution in [0, 0.1) is 5.92 Å². The lowest BCUT2D eigenvalue weighted by molar-refractivity contribution is 0.119. The van der Waals surface area contributed by atoms with E-state index in [1.54, 1.807) is 0 Å². The van der Waals surface area contributed by atoms with Gasteiger partial charge in [0.1, 0.15) is 0 Å². The first-order valence-corrected chi connectivity index (χ1v) is 6.15. The molecule has 0 aliphatic heterocycles. The van der Waals surface area contributed by atoms with Gasteiger partial charge in [0.25, 0.3) is 0 Å². The normalized spacial score (nSPS) is 12.7. The molecule has 1 atom stereocenters. The van der Waals surface area contributed by atoms with Crippen LogP contribution in [0.3, 0.4) is 0 Å². The molecule has 1 unspecified atom stereocenters. The second-order valence-electron chi connectivity index (χ2n) is 4.34. The van der Waals surface area contributed by atoms with Crippen molar-refractivity contribution in [3.8, 4) is 0 Å². The molecule has 0 saturated carbocycles. The average molecular weight is 213 g/mol. The molecule has 0 heterocycles. The minimum absolute atomic E-state index is 0.673. The lowest BCUT2D eigenvalue weighted by atomic mass is 10.1. The molecular weight excluding hydrogens is 186 g/mol. The van der Waals surface area contributed by atoms with Gasteiger partial charge in [-0.05, 0) is 30.9 Å². The molecule has 0 bridgehead atoms. The Kier molecular flexibility index (Phi) is 9.96. The molecule has 1 N–H and O–H groups in total. The fourth-order valence-corrected chi connectivity index (χ4v) is 1.47. The lowest BCUT2D eigenvalue weighted by Crippen LogP contribution is -2.20. The summed E-state index contributed by atoms with van der Waals surface area (Å²) in [6.45, 7) is 14.1. The molecule has 2 heteroatoms. The Hall–Kier alpha value is -0.340. The van der Waals surface area contributed by atoms with E-state index >= 15 is 0 Å². The maximum Gasteiger partial charge on any atom is 0.0686 e. The van der Waals surface area contributed by atoms with Crippen molar-refractivity contribution in [1.82, 2.24) is 5.32 Å². The van der Waals surface area contributed by atoms with Crippen LogP contribution in [0.2, 0.25) is 0 Å². The van der Waals surface area contributed by atoms with Gasteiger partial charge in [-0.25, -0.2) is 0 Å². The van der Waals surface area contributed by atoms with Crippen molar-refractivity contribution >= 4 is 0 Å². The maximum atomic E-state index is 5.60. The van der Waals surface area contributed by atoms with Crippen molar-refractivity contribution in [2.75, 3.05) is 26.3 Å². The van der Waals surface area contributed by atoms with Crippen molar-refractivity contribution in [2.45, 2.75) is 40.0 Å². The molecule has 0 amide bonds. The molecule has 0 aliphatic carbocycles. The summed E-state index contributed by atoms with van der Waals surface area (Å²) in [5.74, 6) is 0.673. The molecule has 0 saturated heterocycles. The Labute approximate surface area is 95.1 Å². The first-order chi connectivity index (χ1) is 7.20. The molecule has 0 aromatic rings. The van der Waals surface area contributed by atoms with Gasteiger partial charge in [0.2, 0.25) is 0 Å². The zero-order chi connectivity index (χ0) is 11.5. The standard InChI is InChI=1S/C13H27NO/c1-5-7-12(3)10-15-11-13(4)9-14-8-6-2/h12,14H,4-11H2,1-3H3. The van der Waals surface area contributed by atoms with Crippen molar-refractivity contribution in [1.29, 1.82) is 0 Å². The summed E-state index contributed by atoms with van der Waals surface area (Å²) in [5.41, 5.74) is 1.15. The van der Waals surface area contributed by atoms with E-state index in [0.29, 0.717) is 12.5 Å². The molecule has 0 fully saturated rings. The van der Waals surface area contributed by atoms with Gasteiger partial charge in [-0.2, -0.15) is 0 Å². The fraction of sp³-hybridized carbons (Fsp3) is 0.846. The highest BCUT2D eigenvalue weighted by atomic mass is 16.5. The van der Waals surface area contributed by atoms with Crippen LogP contribution < -0.4 is 5.32 Å². The van der Waals surface area contributed by atoms with Gasteiger partial charge in [0.05, 0.1) is 6.61 Å². The Morgan fingerprint density at radius 3 is 2.67 bits per heavy atom. The predicted octanol–water partition coefficient (Wildman–Crippen LogP) is 3.00. The number of nitrogens with one attached hydrogen (secondary N) is 1. The minimum atomic E-state index is 0.673. The van der Waals surface area contributed by atoms with E-state index < -0.39 is 0 Å². The Morgan fingerprint density at radius 1 is 1.33 bits per heavy atom.